The second-order valence-corrected chi connectivity index (χ2v) is 10.2. The minimum absolute atomic E-state index is 0.0108. The molecule has 1 saturated heterocycles. The Bertz CT molecular complexity index is 1500. The van der Waals surface area contributed by atoms with Gasteiger partial charge in [0.15, 0.2) is 5.13 Å². The number of nitrogens with zero attached hydrogens (tertiary/aromatic N) is 2. The van der Waals surface area contributed by atoms with E-state index in [-0.39, 0.29) is 11.3 Å². The quantitative estimate of drug-likeness (QED) is 0.113. The summed E-state index contributed by atoms with van der Waals surface area (Å²) in [6.45, 7) is 2.70. The Kier molecular flexibility index (Phi) is 7.26. The number of unbranched alkanes of at least 4 members (excludes halogenated alkanes) is 2. The molecule has 8 heteroatoms. The average molecular weight is 533 g/mol. The summed E-state index contributed by atoms with van der Waals surface area (Å²) in [6.07, 6.45) is 3.09. The fourth-order valence-electron chi connectivity index (χ4n) is 4.40. The maximum atomic E-state index is 13.4. The van der Waals surface area contributed by atoms with Crippen LogP contribution in [0.4, 0.5) is 5.13 Å². The minimum Gasteiger partial charge on any atom is -0.507 e. The summed E-state index contributed by atoms with van der Waals surface area (Å²) >= 11 is 7.43. The lowest BCUT2D eigenvalue weighted by Crippen LogP contribution is -2.29. The fraction of sp³-hybridized carbons (Fsp3) is 0.207. The van der Waals surface area contributed by atoms with Gasteiger partial charge in [0.1, 0.15) is 11.5 Å². The predicted octanol–water partition coefficient (Wildman–Crippen LogP) is 7.15. The van der Waals surface area contributed by atoms with Crippen molar-refractivity contribution >= 4 is 55.7 Å². The molecule has 1 unspecified atom stereocenters. The Labute approximate surface area is 223 Å². The Morgan fingerprint density at radius 1 is 1.05 bits per heavy atom. The number of aliphatic hydroxyl groups is 1. The minimum atomic E-state index is -0.879. The second-order valence-electron chi connectivity index (χ2n) is 8.77. The number of carbonyl (C=O) groups is 2. The molecule has 188 valence electrons. The van der Waals surface area contributed by atoms with Gasteiger partial charge in [0.25, 0.3) is 5.78 Å². The first-order chi connectivity index (χ1) is 18.0. The zero-order valence-electron chi connectivity index (χ0n) is 20.2. The lowest BCUT2D eigenvalue weighted by Gasteiger charge is -2.23. The van der Waals surface area contributed by atoms with Crippen molar-refractivity contribution in [2.45, 2.75) is 32.2 Å². The fourth-order valence-corrected chi connectivity index (χ4v) is 5.67. The Morgan fingerprint density at radius 3 is 2.65 bits per heavy atom. The molecular formula is C29H25ClN2O4S. The van der Waals surface area contributed by atoms with Crippen LogP contribution in [0.2, 0.25) is 5.02 Å². The SMILES string of the molecule is CCCCCOc1cccc(C2/C(=C(\O)c3ccccc3)C(=O)C(=O)N2c2nc3ccc(Cl)cc3s2)c1. The van der Waals surface area contributed by atoms with Gasteiger partial charge in [-0.1, -0.05) is 85.2 Å². The van der Waals surface area contributed by atoms with Crippen molar-refractivity contribution < 1.29 is 19.4 Å². The van der Waals surface area contributed by atoms with E-state index in [1.165, 1.54) is 16.2 Å². The average Bonchev–Trinajstić information content (AvgIpc) is 3.44. The van der Waals surface area contributed by atoms with Gasteiger partial charge in [-0.2, -0.15) is 0 Å². The third-order valence-corrected chi connectivity index (χ3v) is 7.48. The topological polar surface area (TPSA) is 79.7 Å². The van der Waals surface area contributed by atoms with E-state index in [1.54, 1.807) is 42.5 Å². The van der Waals surface area contributed by atoms with Crippen molar-refractivity contribution in [3.63, 3.8) is 0 Å². The van der Waals surface area contributed by atoms with Crippen molar-refractivity contribution in [3.05, 3.63) is 94.5 Å². The summed E-state index contributed by atoms with van der Waals surface area (Å²) < 4.78 is 6.74. The molecule has 2 heterocycles. The first kappa shape index (κ1) is 25.0. The van der Waals surface area contributed by atoms with Crippen molar-refractivity contribution in [2.24, 2.45) is 0 Å². The number of benzene rings is 3. The van der Waals surface area contributed by atoms with Crippen LogP contribution in [0.15, 0.2) is 78.4 Å². The smallest absolute Gasteiger partial charge is 0.301 e. The highest BCUT2D eigenvalue weighted by atomic mass is 35.5. The standard InChI is InChI=1S/C29H25ClN2O4S/c1-2-3-7-15-36-21-12-8-11-19(16-21)25-24(26(33)18-9-5-4-6-10-18)27(34)28(35)32(25)29-31-22-14-13-20(30)17-23(22)37-29/h4-6,8-14,16-17,25,33H,2-3,7,15H2,1H3/b26-24+. The van der Waals surface area contributed by atoms with E-state index in [4.69, 9.17) is 16.3 Å². The number of ketones is 1. The third kappa shape index (κ3) is 4.97. The number of rotatable bonds is 8. The molecule has 37 heavy (non-hydrogen) atoms. The largest absolute Gasteiger partial charge is 0.507 e. The number of fused-ring (bicyclic) bond motifs is 1. The molecule has 1 fully saturated rings. The van der Waals surface area contributed by atoms with Crippen molar-refractivity contribution in [3.8, 4) is 5.75 Å². The van der Waals surface area contributed by atoms with Gasteiger partial charge in [-0.3, -0.25) is 14.5 Å². The molecule has 0 spiro atoms. The Hall–Kier alpha value is -3.68. The van der Waals surface area contributed by atoms with Gasteiger partial charge in [-0.05, 0) is 42.3 Å². The Morgan fingerprint density at radius 2 is 1.86 bits per heavy atom. The van der Waals surface area contributed by atoms with Gasteiger partial charge < -0.3 is 9.84 Å². The molecule has 1 N–H and O–H groups in total. The van der Waals surface area contributed by atoms with Crippen molar-refractivity contribution in [1.29, 1.82) is 0 Å². The molecule has 1 aliphatic heterocycles. The highest BCUT2D eigenvalue weighted by Crippen LogP contribution is 2.45. The number of amides is 1. The first-order valence-corrected chi connectivity index (χ1v) is 13.3. The summed E-state index contributed by atoms with van der Waals surface area (Å²) in [6, 6.07) is 20.5. The number of anilines is 1. The molecule has 1 atom stereocenters. The van der Waals surface area contributed by atoms with E-state index in [0.29, 0.717) is 39.2 Å². The number of carbonyl (C=O) groups excluding carboxylic acids is 2. The predicted molar refractivity (Wildman–Crippen MR) is 147 cm³/mol. The molecule has 6 nitrogen and oxygen atoms in total. The van der Waals surface area contributed by atoms with Gasteiger partial charge in [0, 0.05) is 10.6 Å². The van der Waals surface area contributed by atoms with Crippen LogP contribution in [0.5, 0.6) is 5.75 Å². The van der Waals surface area contributed by atoms with Gasteiger partial charge in [0.05, 0.1) is 28.4 Å². The number of aliphatic hydroxyl groups excluding tert-OH is 1. The first-order valence-electron chi connectivity index (χ1n) is 12.1. The van der Waals surface area contributed by atoms with Crippen molar-refractivity contribution in [1.82, 2.24) is 4.98 Å². The molecule has 0 aliphatic carbocycles. The number of Topliss-reactive ketones (excluding diaryl/α,β-unsaturated/α-hetero) is 1. The van der Waals surface area contributed by atoms with Gasteiger partial charge in [-0.25, -0.2) is 4.98 Å². The highest BCUT2D eigenvalue weighted by Gasteiger charge is 2.48. The van der Waals surface area contributed by atoms with Crippen molar-refractivity contribution in [2.75, 3.05) is 11.5 Å². The van der Waals surface area contributed by atoms with Crippen LogP contribution in [0.25, 0.3) is 16.0 Å². The number of thiazole rings is 1. The van der Waals surface area contributed by atoms with E-state index in [2.05, 4.69) is 11.9 Å². The maximum absolute atomic E-state index is 13.4. The molecule has 3 aromatic carbocycles. The molecule has 1 aromatic heterocycles. The monoisotopic (exact) mass is 532 g/mol. The van der Waals surface area contributed by atoms with E-state index in [1.807, 2.05) is 30.3 Å². The van der Waals surface area contributed by atoms with Crippen LogP contribution in [-0.2, 0) is 9.59 Å². The molecular weight excluding hydrogens is 508 g/mol. The van der Waals surface area contributed by atoms with Crippen LogP contribution in [0.3, 0.4) is 0 Å². The van der Waals surface area contributed by atoms with Crippen LogP contribution in [-0.4, -0.2) is 28.4 Å². The van der Waals surface area contributed by atoms with Crippen LogP contribution >= 0.6 is 22.9 Å². The summed E-state index contributed by atoms with van der Waals surface area (Å²) in [7, 11) is 0. The number of ether oxygens (including phenoxy) is 1. The number of aromatic nitrogens is 1. The lowest BCUT2D eigenvalue weighted by molar-refractivity contribution is -0.132. The Balaban J connectivity index is 1.64. The van der Waals surface area contributed by atoms with Crippen LogP contribution in [0.1, 0.15) is 43.4 Å². The van der Waals surface area contributed by atoms with Gasteiger partial charge >= 0.3 is 5.91 Å². The normalized spacial score (nSPS) is 17.0. The molecule has 0 radical (unpaired) electrons. The molecule has 5 rings (SSSR count). The van der Waals surface area contributed by atoms with Gasteiger partial charge in [0.2, 0.25) is 0 Å². The number of hydrogen-bond donors (Lipinski definition) is 1. The molecule has 4 aromatic rings. The number of halogens is 1. The zero-order chi connectivity index (χ0) is 25.9. The van der Waals surface area contributed by atoms with Crippen LogP contribution in [0, 0.1) is 0 Å². The summed E-state index contributed by atoms with van der Waals surface area (Å²) in [5, 5.41) is 12.2. The van der Waals surface area contributed by atoms with E-state index >= 15 is 0 Å². The summed E-state index contributed by atoms with van der Waals surface area (Å²) in [5.41, 5.74) is 1.77. The van der Waals surface area contributed by atoms with E-state index in [9.17, 15) is 14.7 Å². The molecule has 0 saturated carbocycles. The second kappa shape index (κ2) is 10.7. The maximum Gasteiger partial charge on any atom is 0.301 e. The van der Waals surface area contributed by atoms with Crippen LogP contribution < -0.4 is 9.64 Å². The summed E-state index contributed by atoms with van der Waals surface area (Å²) in [4.78, 5) is 32.8. The molecule has 1 amide bonds. The summed E-state index contributed by atoms with van der Waals surface area (Å²) in [5.74, 6) is -1.11. The van der Waals surface area contributed by atoms with E-state index < -0.39 is 17.7 Å². The zero-order valence-corrected chi connectivity index (χ0v) is 21.8. The highest BCUT2D eigenvalue weighted by molar-refractivity contribution is 7.22. The lowest BCUT2D eigenvalue weighted by atomic mass is 9.95. The number of hydrogen-bond acceptors (Lipinski definition) is 6. The molecule has 1 aliphatic rings. The molecule has 0 bridgehead atoms. The third-order valence-electron chi connectivity index (χ3n) is 6.23. The van der Waals surface area contributed by atoms with Gasteiger partial charge in [-0.15, -0.1) is 0 Å². The van der Waals surface area contributed by atoms with E-state index in [0.717, 1.165) is 24.0 Å².